The number of rotatable bonds is 6. The van der Waals surface area contributed by atoms with E-state index >= 15 is 0 Å². The molecule has 0 fully saturated rings. The van der Waals surface area contributed by atoms with E-state index in [4.69, 9.17) is 27.9 Å². The lowest BCUT2D eigenvalue weighted by molar-refractivity contribution is -0.0512. The molecule has 128 valence electrons. The van der Waals surface area contributed by atoms with E-state index in [-0.39, 0.29) is 34.5 Å². The molecule has 0 spiro atoms. The molecule has 0 heterocycles. The molecule has 0 bridgehead atoms. The van der Waals surface area contributed by atoms with Crippen LogP contribution in [-0.4, -0.2) is 19.6 Å². The molecule has 0 saturated carbocycles. The van der Waals surface area contributed by atoms with Crippen LogP contribution in [0.2, 0.25) is 10.0 Å². The van der Waals surface area contributed by atoms with Crippen molar-refractivity contribution in [3.05, 3.63) is 57.6 Å². The van der Waals surface area contributed by atoms with Gasteiger partial charge in [0.2, 0.25) is 0 Å². The van der Waals surface area contributed by atoms with Gasteiger partial charge in [-0.15, -0.1) is 0 Å². The SMILES string of the molecule is COc1cc(CNC(=O)c2ccc(Cl)cc2Cl)ccc1OC(F)F. The number of halogens is 4. The van der Waals surface area contributed by atoms with E-state index in [0.717, 1.165) is 0 Å². The van der Waals surface area contributed by atoms with Crippen molar-refractivity contribution in [3.63, 3.8) is 0 Å². The second kappa shape index (κ2) is 8.17. The fourth-order valence-corrected chi connectivity index (χ4v) is 2.46. The zero-order valence-corrected chi connectivity index (χ0v) is 14.0. The largest absolute Gasteiger partial charge is 0.493 e. The van der Waals surface area contributed by atoms with Gasteiger partial charge in [-0.25, -0.2) is 0 Å². The number of methoxy groups -OCH3 is 1. The predicted molar refractivity (Wildman–Crippen MR) is 87.3 cm³/mol. The molecule has 1 N–H and O–H groups in total. The third kappa shape index (κ3) is 4.72. The predicted octanol–water partition coefficient (Wildman–Crippen LogP) is 4.53. The minimum Gasteiger partial charge on any atom is -0.493 e. The van der Waals surface area contributed by atoms with E-state index < -0.39 is 6.61 Å². The lowest BCUT2D eigenvalue weighted by atomic mass is 10.1. The van der Waals surface area contributed by atoms with Gasteiger partial charge >= 0.3 is 6.61 Å². The van der Waals surface area contributed by atoms with Gasteiger partial charge in [0.25, 0.3) is 5.91 Å². The maximum absolute atomic E-state index is 12.3. The van der Waals surface area contributed by atoms with Crippen LogP contribution in [0.5, 0.6) is 11.5 Å². The number of amides is 1. The molecule has 1 amide bonds. The Bertz CT molecular complexity index is 741. The second-order valence-electron chi connectivity index (χ2n) is 4.67. The quantitative estimate of drug-likeness (QED) is 0.806. The van der Waals surface area contributed by atoms with Gasteiger partial charge in [-0.1, -0.05) is 29.3 Å². The maximum Gasteiger partial charge on any atom is 0.387 e. The number of alkyl halides is 2. The van der Waals surface area contributed by atoms with Crippen LogP contribution in [0.25, 0.3) is 0 Å². The van der Waals surface area contributed by atoms with E-state index in [2.05, 4.69) is 10.1 Å². The van der Waals surface area contributed by atoms with Crippen LogP contribution in [0, 0.1) is 0 Å². The lowest BCUT2D eigenvalue weighted by Gasteiger charge is -2.12. The van der Waals surface area contributed by atoms with Crippen molar-refractivity contribution in [2.75, 3.05) is 7.11 Å². The van der Waals surface area contributed by atoms with Crippen molar-refractivity contribution in [1.82, 2.24) is 5.32 Å². The normalized spacial score (nSPS) is 10.6. The van der Waals surface area contributed by atoms with E-state index in [1.807, 2.05) is 0 Å². The summed E-state index contributed by atoms with van der Waals surface area (Å²) in [5, 5.41) is 3.34. The number of carbonyl (C=O) groups excluding carboxylic acids is 1. The Hall–Kier alpha value is -2.05. The molecule has 2 rings (SSSR count). The third-order valence-electron chi connectivity index (χ3n) is 3.07. The zero-order valence-electron chi connectivity index (χ0n) is 12.5. The van der Waals surface area contributed by atoms with Crippen LogP contribution < -0.4 is 14.8 Å². The molecular weight excluding hydrogens is 363 g/mol. The fourth-order valence-electron chi connectivity index (χ4n) is 1.97. The van der Waals surface area contributed by atoms with Gasteiger partial charge < -0.3 is 14.8 Å². The summed E-state index contributed by atoms with van der Waals surface area (Å²) in [7, 11) is 1.34. The van der Waals surface area contributed by atoms with Crippen molar-refractivity contribution < 1.29 is 23.0 Å². The fraction of sp³-hybridized carbons (Fsp3) is 0.188. The minimum atomic E-state index is -2.95. The molecule has 0 aliphatic heterocycles. The molecule has 0 aliphatic rings. The van der Waals surface area contributed by atoms with Gasteiger partial charge in [-0.3, -0.25) is 4.79 Å². The van der Waals surface area contributed by atoms with Gasteiger partial charge in [0.15, 0.2) is 11.5 Å². The summed E-state index contributed by atoms with van der Waals surface area (Å²) in [6, 6.07) is 8.94. The second-order valence-corrected chi connectivity index (χ2v) is 5.51. The number of ether oxygens (including phenoxy) is 2. The summed E-state index contributed by atoms with van der Waals surface area (Å²) in [6.07, 6.45) is 0. The third-order valence-corrected chi connectivity index (χ3v) is 3.62. The van der Waals surface area contributed by atoms with Crippen molar-refractivity contribution >= 4 is 29.1 Å². The number of hydrogen-bond donors (Lipinski definition) is 1. The topological polar surface area (TPSA) is 47.6 Å². The average molecular weight is 376 g/mol. The Morgan fingerprint density at radius 1 is 1.17 bits per heavy atom. The van der Waals surface area contributed by atoms with Crippen LogP contribution >= 0.6 is 23.2 Å². The Labute approximate surface area is 147 Å². The number of hydrogen-bond acceptors (Lipinski definition) is 3. The molecule has 4 nitrogen and oxygen atoms in total. The maximum atomic E-state index is 12.3. The molecule has 24 heavy (non-hydrogen) atoms. The first-order valence-corrected chi connectivity index (χ1v) is 7.51. The van der Waals surface area contributed by atoms with Crippen molar-refractivity contribution in [1.29, 1.82) is 0 Å². The van der Waals surface area contributed by atoms with E-state index in [9.17, 15) is 13.6 Å². The van der Waals surface area contributed by atoms with Gasteiger partial charge in [-0.2, -0.15) is 8.78 Å². The molecule has 0 aromatic heterocycles. The lowest BCUT2D eigenvalue weighted by Crippen LogP contribution is -2.23. The summed E-state index contributed by atoms with van der Waals surface area (Å²) in [5.74, 6) is -0.321. The average Bonchev–Trinajstić information content (AvgIpc) is 2.53. The van der Waals surface area contributed by atoms with Crippen molar-refractivity contribution in [3.8, 4) is 11.5 Å². The molecule has 0 saturated heterocycles. The highest BCUT2D eigenvalue weighted by atomic mass is 35.5. The highest BCUT2D eigenvalue weighted by molar-refractivity contribution is 6.36. The van der Waals surface area contributed by atoms with Crippen molar-refractivity contribution in [2.45, 2.75) is 13.2 Å². The Morgan fingerprint density at radius 3 is 2.54 bits per heavy atom. The minimum absolute atomic E-state index is 0.0803. The smallest absolute Gasteiger partial charge is 0.387 e. The Morgan fingerprint density at radius 2 is 1.92 bits per heavy atom. The standard InChI is InChI=1S/C16H13Cl2F2NO3/c1-23-14-6-9(2-5-13(14)24-16(19)20)8-21-15(22)11-4-3-10(17)7-12(11)18/h2-7,16H,8H2,1H3,(H,21,22). The molecule has 0 aliphatic carbocycles. The van der Waals surface area contributed by atoms with E-state index in [1.54, 1.807) is 12.1 Å². The Balaban J connectivity index is 2.07. The van der Waals surface area contributed by atoms with Crippen LogP contribution in [-0.2, 0) is 6.54 Å². The first-order chi connectivity index (χ1) is 11.4. The highest BCUT2D eigenvalue weighted by Gasteiger charge is 2.13. The van der Waals surface area contributed by atoms with Gasteiger partial charge in [0.1, 0.15) is 0 Å². The van der Waals surface area contributed by atoms with Gasteiger partial charge in [-0.05, 0) is 35.9 Å². The summed E-state index contributed by atoms with van der Waals surface area (Å²) in [5.41, 5.74) is 0.928. The molecule has 0 atom stereocenters. The summed E-state index contributed by atoms with van der Waals surface area (Å²) >= 11 is 11.8. The molecule has 2 aromatic rings. The number of nitrogens with one attached hydrogen (secondary N) is 1. The van der Waals surface area contributed by atoms with E-state index in [0.29, 0.717) is 10.6 Å². The summed E-state index contributed by atoms with van der Waals surface area (Å²) in [6.45, 7) is -2.79. The van der Waals surface area contributed by atoms with Crippen LogP contribution in [0.1, 0.15) is 15.9 Å². The zero-order chi connectivity index (χ0) is 17.7. The number of benzene rings is 2. The summed E-state index contributed by atoms with van der Waals surface area (Å²) in [4.78, 5) is 12.1. The van der Waals surface area contributed by atoms with Gasteiger partial charge in [0.05, 0.1) is 17.7 Å². The van der Waals surface area contributed by atoms with E-state index in [1.165, 1.54) is 31.4 Å². The van der Waals surface area contributed by atoms with Crippen molar-refractivity contribution in [2.24, 2.45) is 0 Å². The van der Waals surface area contributed by atoms with Crippen LogP contribution in [0.15, 0.2) is 36.4 Å². The van der Waals surface area contributed by atoms with Gasteiger partial charge in [0, 0.05) is 11.6 Å². The highest BCUT2D eigenvalue weighted by Crippen LogP contribution is 2.29. The summed E-state index contributed by atoms with van der Waals surface area (Å²) < 4.78 is 33.9. The molecule has 0 radical (unpaired) electrons. The monoisotopic (exact) mass is 375 g/mol. The number of carbonyl (C=O) groups is 1. The molecule has 8 heteroatoms. The molecular formula is C16H13Cl2F2NO3. The van der Waals surface area contributed by atoms with Crippen LogP contribution in [0.4, 0.5) is 8.78 Å². The Kier molecular flexibility index (Phi) is 6.23. The molecule has 0 unspecified atom stereocenters. The first-order valence-electron chi connectivity index (χ1n) is 6.75. The first kappa shape index (κ1) is 18.3. The molecule has 2 aromatic carbocycles. The van der Waals surface area contributed by atoms with Crippen LogP contribution in [0.3, 0.4) is 0 Å².